The number of carbonyl (C=O) groups excluding carboxylic acids is 1. The molecule has 1 spiro atoms. The van der Waals surface area contributed by atoms with Gasteiger partial charge in [-0.2, -0.15) is 0 Å². The Bertz CT molecular complexity index is 666. The summed E-state index contributed by atoms with van der Waals surface area (Å²) < 4.78 is 5.90. The second-order valence-corrected chi connectivity index (χ2v) is 6.80. The summed E-state index contributed by atoms with van der Waals surface area (Å²) >= 11 is 0. The van der Waals surface area contributed by atoms with Crippen LogP contribution in [0.1, 0.15) is 38.3 Å². The van der Waals surface area contributed by atoms with Gasteiger partial charge in [0.05, 0.1) is 6.61 Å². The molecular formula is C17H23N3O2. The average molecular weight is 301 g/mol. The van der Waals surface area contributed by atoms with Crippen LogP contribution in [0.3, 0.4) is 0 Å². The highest BCUT2D eigenvalue weighted by molar-refractivity contribution is 6.07. The number of ether oxygens (including phenoxy) is 1. The lowest BCUT2D eigenvalue weighted by atomic mass is 9.66. The maximum Gasteiger partial charge on any atom is 0.262 e. The van der Waals surface area contributed by atoms with E-state index in [4.69, 9.17) is 10.5 Å². The van der Waals surface area contributed by atoms with Crippen molar-refractivity contribution in [3.63, 3.8) is 0 Å². The first-order chi connectivity index (χ1) is 10.3. The minimum absolute atomic E-state index is 0.0757. The molecule has 0 fully saturated rings. The van der Waals surface area contributed by atoms with E-state index in [1.807, 2.05) is 19.9 Å². The summed E-state index contributed by atoms with van der Waals surface area (Å²) in [4.78, 5) is 19.1. The number of fused-ring (bicyclic) bond motifs is 2. The fourth-order valence-corrected chi connectivity index (χ4v) is 3.41. The maximum atomic E-state index is 13.0. The number of guanidine groups is 1. The van der Waals surface area contributed by atoms with Crippen molar-refractivity contribution in [2.45, 2.75) is 39.2 Å². The molecule has 2 aliphatic heterocycles. The zero-order valence-corrected chi connectivity index (χ0v) is 13.6. The largest absolute Gasteiger partial charge is 0.493 e. The lowest BCUT2D eigenvalue weighted by molar-refractivity contribution is -0.137. The van der Waals surface area contributed by atoms with Gasteiger partial charge in [0.25, 0.3) is 5.91 Å². The SMILES string of the molecule is CCCc1ccc2c(c1)C1(N=C(N)N(C)C1=O)C(C)(C)CO2. The highest BCUT2D eigenvalue weighted by Gasteiger charge is 2.61. The molecule has 0 saturated carbocycles. The molecule has 0 saturated heterocycles. The number of nitrogens with two attached hydrogens (primary N) is 1. The van der Waals surface area contributed by atoms with Crippen LogP contribution in [0.15, 0.2) is 23.2 Å². The summed E-state index contributed by atoms with van der Waals surface area (Å²) in [5.41, 5.74) is 6.55. The second kappa shape index (κ2) is 4.73. The maximum absolute atomic E-state index is 13.0. The normalized spacial score (nSPS) is 25.9. The molecule has 22 heavy (non-hydrogen) atoms. The molecule has 5 nitrogen and oxygen atoms in total. The van der Waals surface area contributed by atoms with E-state index in [1.54, 1.807) is 7.05 Å². The molecule has 1 unspecified atom stereocenters. The molecule has 1 amide bonds. The number of nitrogens with zero attached hydrogens (tertiary/aromatic N) is 2. The average Bonchev–Trinajstić information content (AvgIpc) is 2.70. The smallest absolute Gasteiger partial charge is 0.262 e. The Morgan fingerprint density at radius 2 is 2.14 bits per heavy atom. The number of likely N-dealkylation sites (N-methyl/N-ethyl adjacent to an activating group) is 1. The molecule has 2 aliphatic rings. The zero-order valence-electron chi connectivity index (χ0n) is 13.6. The Morgan fingerprint density at radius 1 is 1.41 bits per heavy atom. The molecule has 1 aromatic carbocycles. The van der Waals surface area contributed by atoms with Crippen LogP contribution in [-0.4, -0.2) is 30.4 Å². The van der Waals surface area contributed by atoms with Gasteiger partial charge in [-0.15, -0.1) is 0 Å². The van der Waals surface area contributed by atoms with E-state index in [-0.39, 0.29) is 11.9 Å². The van der Waals surface area contributed by atoms with E-state index in [1.165, 1.54) is 10.5 Å². The number of aryl methyl sites for hydroxylation is 1. The van der Waals surface area contributed by atoms with E-state index in [0.717, 1.165) is 24.2 Å². The predicted octanol–water partition coefficient (Wildman–Crippen LogP) is 2.04. The molecular weight excluding hydrogens is 278 g/mol. The van der Waals surface area contributed by atoms with Crippen LogP contribution in [-0.2, 0) is 16.8 Å². The Morgan fingerprint density at radius 3 is 2.73 bits per heavy atom. The van der Waals surface area contributed by atoms with Crippen LogP contribution in [0.4, 0.5) is 0 Å². The molecule has 2 N–H and O–H groups in total. The molecule has 1 aromatic rings. The fourth-order valence-electron chi connectivity index (χ4n) is 3.41. The van der Waals surface area contributed by atoms with Gasteiger partial charge in [0.2, 0.25) is 0 Å². The molecule has 0 aromatic heterocycles. The van der Waals surface area contributed by atoms with Gasteiger partial charge in [0, 0.05) is 18.0 Å². The number of carbonyl (C=O) groups is 1. The number of rotatable bonds is 2. The number of amides is 1. The van der Waals surface area contributed by atoms with Crippen LogP contribution in [0.2, 0.25) is 0 Å². The van der Waals surface area contributed by atoms with Crippen molar-refractivity contribution in [1.82, 2.24) is 4.90 Å². The molecule has 118 valence electrons. The highest BCUT2D eigenvalue weighted by atomic mass is 16.5. The van der Waals surface area contributed by atoms with Gasteiger partial charge in [-0.3, -0.25) is 9.69 Å². The first-order valence-corrected chi connectivity index (χ1v) is 7.73. The van der Waals surface area contributed by atoms with Crippen LogP contribution >= 0.6 is 0 Å². The van der Waals surface area contributed by atoms with Gasteiger partial charge >= 0.3 is 0 Å². The third kappa shape index (κ3) is 1.77. The van der Waals surface area contributed by atoms with Crippen molar-refractivity contribution in [2.24, 2.45) is 16.1 Å². The Labute approximate surface area is 131 Å². The van der Waals surface area contributed by atoms with Crippen molar-refractivity contribution in [3.8, 4) is 5.75 Å². The molecule has 1 atom stereocenters. The summed E-state index contributed by atoms with van der Waals surface area (Å²) in [6, 6.07) is 6.08. The summed E-state index contributed by atoms with van der Waals surface area (Å²) in [6.07, 6.45) is 2.02. The van der Waals surface area contributed by atoms with Crippen LogP contribution in [0.25, 0.3) is 0 Å². The molecule has 0 bridgehead atoms. The molecule has 5 heteroatoms. The Hall–Kier alpha value is -2.04. The lowest BCUT2D eigenvalue weighted by Gasteiger charge is -2.44. The summed E-state index contributed by atoms with van der Waals surface area (Å²) in [6.45, 7) is 6.59. The van der Waals surface area contributed by atoms with Crippen molar-refractivity contribution >= 4 is 11.9 Å². The standard InChI is InChI=1S/C17H23N3O2/c1-5-6-11-7-8-13-12(9-11)17(16(2,3)10-22-13)14(21)20(4)15(18)19-17/h7-9H,5-6,10H2,1-4H3,(H2,18,19). The predicted molar refractivity (Wildman–Crippen MR) is 85.8 cm³/mol. The van der Waals surface area contributed by atoms with E-state index < -0.39 is 11.0 Å². The van der Waals surface area contributed by atoms with Gasteiger partial charge in [-0.05, 0) is 24.1 Å². The van der Waals surface area contributed by atoms with E-state index in [0.29, 0.717) is 6.61 Å². The van der Waals surface area contributed by atoms with Crippen molar-refractivity contribution in [2.75, 3.05) is 13.7 Å². The lowest BCUT2D eigenvalue weighted by Crippen LogP contribution is -2.53. The molecule has 2 heterocycles. The fraction of sp³-hybridized carbons (Fsp3) is 0.529. The zero-order chi connectivity index (χ0) is 16.1. The van der Waals surface area contributed by atoms with Crippen LogP contribution in [0, 0.1) is 5.41 Å². The quantitative estimate of drug-likeness (QED) is 0.909. The molecule has 3 rings (SSSR count). The number of hydrogen-bond donors (Lipinski definition) is 1. The van der Waals surface area contributed by atoms with Gasteiger partial charge < -0.3 is 10.5 Å². The number of aliphatic imine (C=N–C) groups is 1. The van der Waals surface area contributed by atoms with Crippen molar-refractivity contribution < 1.29 is 9.53 Å². The number of benzene rings is 1. The van der Waals surface area contributed by atoms with Gasteiger partial charge in [-0.1, -0.05) is 33.3 Å². The van der Waals surface area contributed by atoms with Crippen molar-refractivity contribution in [1.29, 1.82) is 0 Å². The first-order valence-electron chi connectivity index (χ1n) is 7.73. The highest BCUT2D eigenvalue weighted by Crippen LogP contribution is 2.53. The van der Waals surface area contributed by atoms with Gasteiger partial charge in [0.1, 0.15) is 5.75 Å². The van der Waals surface area contributed by atoms with Crippen LogP contribution in [0.5, 0.6) is 5.75 Å². The van der Waals surface area contributed by atoms with E-state index in [9.17, 15) is 4.79 Å². The summed E-state index contributed by atoms with van der Waals surface area (Å²) in [7, 11) is 1.68. The first kappa shape index (κ1) is 14.9. The summed E-state index contributed by atoms with van der Waals surface area (Å²) in [5.74, 6) is 0.930. The second-order valence-electron chi connectivity index (χ2n) is 6.80. The topological polar surface area (TPSA) is 67.9 Å². The monoisotopic (exact) mass is 301 g/mol. The minimum Gasteiger partial charge on any atom is -0.493 e. The van der Waals surface area contributed by atoms with Crippen LogP contribution < -0.4 is 10.5 Å². The van der Waals surface area contributed by atoms with Crippen molar-refractivity contribution in [3.05, 3.63) is 29.3 Å². The summed E-state index contributed by atoms with van der Waals surface area (Å²) in [5, 5.41) is 0. The third-order valence-corrected chi connectivity index (χ3v) is 4.78. The van der Waals surface area contributed by atoms with Gasteiger partial charge in [0.15, 0.2) is 11.5 Å². The molecule has 0 aliphatic carbocycles. The van der Waals surface area contributed by atoms with Gasteiger partial charge in [-0.25, -0.2) is 4.99 Å². The van der Waals surface area contributed by atoms with E-state index in [2.05, 4.69) is 24.0 Å². The Kier molecular flexibility index (Phi) is 3.20. The molecule has 0 radical (unpaired) electrons. The van der Waals surface area contributed by atoms with E-state index >= 15 is 0 Å². The minimum atomic E-state index is -0.983. The number of hydrogen-bond acceptors (Lipinski definition) is 4. The Balaban J connectivity index is 2.25. The third-order valence-electron chi connectivity index (χ3n) is 4.78.